The van der Waals surface area contributed by atoms with E-state index >= 15 is 0 Å². The van der Waals surface area contributed by atoms with Crippen LogP contribution in [0.1, 0.15) is 41.6 Å². The zero-order valence-electron chi connectivity index (χ0n) is 16.8. The Morgan fingerprint density at radius 2 is 2.03 bits per heavy atom. The SMILES string of the molecule is O=C(Nc1c(-c2ccccc2P)ccnc1N1CCC(F)(P)C1)c1cnc(C2CC2)o1. The van der Waals surface area contributed by atoms with Gasteiger partial charge in [-0.25, -0.2) is 14.4 Å². The molecule has 5 rings (SSSR count). The lowest BCUT2D eigenvalue weighted by atomic mass is 10.0. The maximum absolute atomic E-state index is 14.6. The van der Waals surface area contributed by atoms with E-state index in [-0.39, 0.29) is 12.3 Å². The molecule has 1 aromatic carbocycles. The fraction of sp³-hybridized carbons (Fsp3) is 0.318. The van der Waals surface area contributed by atoms with Gasteiger partial charge in [-0.05, 0) is 29.8 Å². The van der Waals surface area contributed by atoms with Crippen molar-refractivity contribution in [3.63, 3.8) is 0 Å². The number of hydrogen-bond acceptors (Lipinski definition) is 5. The smallest absolute Gasteiger partial charge is 0.293 e. The van der Waals surface area contributed by atoms with Gasteiger partial charge in [-0.3, -0.25) is 4.79 Å². The number of halogens is 1. The first kappa shape index (κ1) is 20.5. The highest BCUT2D eigenvalue weighted by molar-refractivity contribution is 7.28. The zero-order valence-corrected chi connectivity index (χ0v) is 19.2. The van der Waals surface area contributed by atoms with E-state index in [9.17, 15) is 9.18 Å². The second-order valence-corrected chi connectivity index (χ2v) is 9.80. The number of oxazole rings is 1. The van der Waals surface area contributed by atoms with Gasteiger partial charge in [0, 0.05) is 30.6 Å². The molecule has 3 heterocycles. The van der Waals surface area contributed by atoms with Gasteiger partial charge in [0.1, 0.15) is 5.41 Å². The van der Waals surface area contributed by atoms with Crippen LogP contribution in [0.15, 0.2) is 47.1 Å². The molecule has 0 spiro atoms. The molecule has 1 N–H and O–H groups in total. The van der Waals surface area contributed by atoms with E-state index in [1.54, 1.807) is 6.20 Å². The van der Waals surface area contributed by atoms with Crippen molar-refractivity contribution in [1.82, 2.24) is 9.97 Å². The molecule has 1 saturated heterocycles. The summed E-state index contributed by atoms with van der Waals surface area (Å²) in [6.45, 7) is 0.698. The number of anilines is 2. The Bertz CT molecular complexity index is 1150. The predicted octanol–water partition coefficient (Wildman–Crippen LogP) is 4.12. The fourth-order valence-electron chi connectivity index (χ4n) is 3.84. The van der Waals surface area contributed by atoms with Gasteiger partial charge in [0.05, 0.1) is 18.4 Å². The molecular weight excluding hydrogens is 433 g/mol. The molecule has 1 saturated carbocycles. The third kappa shape index (κ3) is 4.22. The van der Waals surface area contributed by atoms with Crippen molar-refractivity contribution >= 4 is 41.2 Å². The van der Waals surface area contributed by atoms with Crippen LogP contribution in [0.3, 0.4) is 0 Å². The van der Waals surface area contributed by atoms with Crippen molar-refractivity contribution in [3.05, 3.63) is 54.4 Å². The number of nitrogens with zero attached hydrogens (tertiary/aromatic N) is 3. The lowest BCUT2D eigenvalue weighted by Crippen LogP contribution is -2.26. The minimum absolute atomic E-state index is 0.161. The van der Waals surface area contributed by atoms with Gasteiger partial charge in [0.2, 0.25) is 5.76 Å². The molecule has 1 amide bonds. The van der Waals surface area contributed by atoms with Crippen molar-refractivity contribution in [3.8, 4) is 11.1 Å². The van der Waals surface area contributed by atoms with Crippen molar-refractivity contribution in [2.75, 3.05) is 23.3 Å². The Hall–Kier alpha value is -2.36. The lowest BCUT2D eigenvalue weighted by Gasteiger charge is -2.23. The van der Waals surface area contributed by atoms with Crippen molar-refractivity contribution < 1.29 is 13.6 Å². The Labute approximate surface area is 184 Å². The summed E-state index contributed by atoms with van der Waals surface area (Å²) in [7, 11) is 5.00. The summed E-state index contributed by atoms with van der Waals surface area (Å²) in [5, 5.41) is 2.59. The van der Waals surface area contributed by atoms with Crippen molar-refractivity contribution in [1.29, 1.82) is 0 Å². The lowest BCUT2D eigenvalue weighted by molar-refractivity contribution is 0.0995. The Balaban J connectivity index is 1.55. The van der Waals surface area contributed by atoms with Crippen LogP contribution in [0.2, 0.25) is 0 Å². The highest BCUT2D eigenvalue weighted by Crippen LogP contribution is 2.41. The van der Waals surface area contributed by atoms with E-state index in [0.29, 0.717) is 36.3 Å². The third-order valence-electron chi connectivity index (χ3n) is 5.64. The van der Waals surface area contributed by atoms with Gasteiger partial charge < -0.3 is 14.6 Å². The number of aromatic nitrogens is 2. The van der Waals surface area contributed by atoms with Crippen LogP contribution in [0.5, 0.6) is 0 Å². The number of pyridine rings is 1. The average molecular weight is 456 g/mol. The van der Waals surface area contributed by atoms with Gasteiger partial charge in [-0.1, -0.05) is 33.5 Å². The van der Waals surface area contributed by atoms with Crippen LogP contribution in [-0.4, -0.2) is 34.4 Å². The summed E-state index contributed by atoms with van der Waals surface area (Å²) >= 11 is 0. The summed E-state index contributed by atoms with van der Waals surface area (Å²) in [6, 6.07) is 9.72. The van der Waals surface area contributed by atoms with Gasteiger partial charge in [-0.15, -0.1) is 9.24 Å². The van der Waals surface area contributed by atoms with E-state index in [4.69, 9.17) is 4.42 Å². The van der Waals surface area contributed by atoms with Crippen molar-refractivity contribution in [2.24, 2.45) is 0 Å². The van der Waals surface area contributed by atoms with Gasteiger partial charge >= 0.3 is 0 Å². The summed E-state index contributed by atoms with van der Waals surface area (Å²) in [4.78, 5) is 23.7. The molecule has 1 aliphatic carbocycles. The molecule has 3 aromatic rings. The second-order valence-electron chi connectivity index (χ2n) is 8.14. The largest absolute Gasteiger partial charge is 0.435 e. The zero-order chi connectivity index (χ0) is 21.6. The molecule has 6 nitrogen and oxygen atoms in total. The molecule has 0 radical (unpaired) electrons. The van der Waals surface area contributed by atoms with Crippen LogP contribution in [-0.2, 0) is 0 Å². The van der Waals surface area contributed by atoms with Crippen molar-refractivity contribution in [2.45, 2.75) is 30.6 Å². The maximum Gasteiger partial charge on any atom is 0.293 e. The normalized spacial score (nSPS) is 20.8. The minimum Gasteiger partial charge on any atom is -0.435 e. The molecule has 9 heteroatoms. The van der Waals surface area contributed by atoms with Crippen LogP contribution < -0.4 is 15.5 Å². The fourth-order valence-corrected chi connectivity index (χ4v) is 4.56. The summed E-state index contributed by atoms with van der Waals surface area (Å²) < 4.78 is 20.2. The van der Waals surface area contributed by atoms with E-state index < -0.39 is 11.3 Å². The number of carbonyl (C=O) groups is 1. The Morgan fingerprint density at radius 1 is 1.23 bits per heavy atom. The number of rotatable bonds is 5. The number of benzene rings is 1. The Kier molecular flexibility index (Phi) is 5.27. The molecule has 1 aliphatic heterocycles. The number of hydrogen-bond donors (Lipinski definition) is 1. The number of carbonyl (C=O) groups excluding carboxylic acids is 1. The molecular formula is C22H23FN4O2P2. The van der Waals surface area contributed by atoms with Gasteiger partial charge in [0.25, 0.3) is 5.91 Å². The average Bonchev–Trinajstić information content (AvgIpc) is 3.36. The summed E-state index contributed by atoms with van der Waals surface area (Å²) in [5.74, 6) is 1.24. The van der Waals surface area contributed by atoms with Crippen LogP contribution in [0, 0.1) is 0 Å². The quantitative estimate of drug-likeness (QED) is 0.585. The monoisotopic (exact) mass is 456 g/mol. The second kappa shape index (κ2) is 7.96. The first-order chi connectivity index (χ1) is 14.9. The van der Waals surface area contributed by atoms with Crippen LogP contribution in [0.25, 0.3) is 11.1 Å². The molecule has 3 unspecified atom stereocenters. The first-order valence-corrected chi connectivity index (χ1v) is 11.4. The van der Waals surface area contributed by atoms with Crippen LogP contribution in [0.4, 0.5) is 15.9 Å². The molecule has 0 bridgehead atoms. The van der Waals surface area contributed by atoms with Gasteiger partial charge in [-0.2, -0.15) is 0 Å². The molecule has 2 fully saturated rings. The Morgan fingerprint density at radius 3 is 2.74 bits per heavy atom. The maximum atomic E-state index is 14.6. The highest BCUT2D eigenvalue weighted by Gasteiger charge is 2.36. The van der Waals surface area contributed by atoms with Gasteiger partial charge in [0.15, 0.2) is 11.7 Å². The minimum atomic E-state index is -1.37. The molecule has 31 heavy (non-hydrogen) atoms. The van der Waals surface area contributed by atoms with E-state index in [1.807, 2.05) is 35.2 Å². The summed E-state index contributed by atoms with van der Waals surface area (Å²) in [5.41, 5.74) is 2.29. The first-order valence-electron chi connectivity index (χ1n) is 10.2. The molecule has 2 aromatic heterocycles. The summed E-state index contributed by atoms with van der Waals surface area (Å²) in [6.07, 6.45) is 5.62. The third-order valence-corrected chi connectivity index (χ3v) is 6.62. The molecule has 2 aliphatic rings. The number of alkyl halides is 1. The van der Waals surface area contributed by atoms with E-state index in [1.165, 1.54) is 6.20 Å². The highest BCUT2D eigenvalue weighted by atomic mass is 31.0. The van der Waals surface area contributed by atoms with Crippen LogP contribution >= 0.6 is 18.5 Å². The molecule has 3 atom stereocenters. The number of nitrogens with one attached hydrogen (secondary N) is 1. The number of amides is 1. The predicted molar refractivity (Wildman–Crippen MR) is 126 cm³/mol. The molecule has 160 valence electrons. The van der Waals surface area contributed by atoms with E-state index in [0.717, 1.165) is 29.3 Å². The van der Waals surface area contributed by atoms with E-state index in [2.05, 4.69) is 33.8 Å². The topological polar surface area (TPSA) is 71.3 Å². The standard InChI is InChI=1S/C22H23FN4O2P2/c23-22(31)8-10-27(12-22)19-18(15(7-9-24-19)14-3-1-2-4-17(14)30)26-20(28)16-11-25-21(29-16)13-5-6-13/h1-4,7,9,11,13H,5-6,8,10,12,30-31H2,(H,26,28).